The highest BCUT2D eigenvalue weighted by atomic mass is 16.5. The van der Waals surface area contributed by atoms with Crippen molar-refractivity contribution in [1.82, 2.24) is 15.5 Å². The molecule has 0 saturated carbocycles. The van der Waals surface area contributed by atoms with Gasteiger partial charge in [-0.1, -0.05) is 30.3 Å². The van der Waals surface area contributed by atoms with E-state index in [-0.39, 0.29) is 0 Å². The second-order valence-electron chi connectivity index (χ2n) is 6.97. The van der Waals surface area contributed by atoms with Crippen LogP contribution in [-0.2, 0) is 13.2 Å². The van der Waals surface area contributed by atoms with Crippen molar-refractivity contribution < 1.29 is 9.47 Å². The molecule has 0 atom stereocenters. The second-order valence-corrected chi connectivity index (χ2v) is 6.97. The minimum atomic E-state index is 0.547. The molecular weight excluding hydrogens is 338 g/mol. The molecule has 1 saturated heterocycles. The fourth-order valence-corrected chi connectivity index (χ4v) is 3.27. The van der Waals surface area contributed by atoms with Crippen LogP contribution < -0.4 is 20.1 Å². The molecule has 1 aliphatic rings. The zero-order chi connectivity index (χ0) is 18.9. The van der Waals surface area contributed by atoms with Crippen LogP contribution in [0.4, 0.5) is 0 Å². The Morgan fingerprint density at radius 2 is 1.89 bits per heavy atom. The summed E-state index contributed by atoms with van der Waals surface area (Å²) in [6, 6.07) is 14.5. The monoisotopic (exact) mass is 369 g/mol. The maximum absolute atomic E-state index is 6.00. The van der Waals surface area contributed by atoms with Crippen LogP contribution in [0.25, 0.3) is 0 Å². The van der Waals surface area contributed by atoms with E-state index in [9.17, 15) is 0 Å². The van der Waals surface area contributed by atoms with Gasteiger partial charge in [0, 0.05) is 45.8 Å². The molecule has 1 aliphatic heterocycles. The molecule has 0 bridgehead atoms. The van der Waals surface area contributed by atoms with E-state index in [1.165, 1.54) is 16.7 Å². The van der Waals surface area contributed by atoms with Gasteiger partial charge in [-0.05, 0) is 35.7 Å². The molecule has 0 amide bonds. The normalized spacial score (nSPS) is 14.9. The molecule has 0 aromatic heterocycles. The summed E-state index contributed by atoms with van der Waals surface area (Å²) in [4.78, 5) is 2.49. The van der Waals surface area contributed by atoms with Gasteiger partial charge in [-0.15, -0.1) is 0 Å². The van der Waals surface area contributed by atoms with Crippen molar-refractivity contribution in [1.29, 1.82) is 0 Å². The first kappa shape index (κ1) is 19.7. The molecule has 1 heterocycles. The van der Waals surface area contributed by atoms with E-state index in [2.05, 4.69) is 46.7 Å². The summed E-state index contributed by atoms with van der Waals surface area (Å²) < 4.78 is 11.5. The van der Waals surface area contributed by atoms with Gasteiger partial charge < -0.3 is 20.1 Å². The first-order valence-electron chi connectivity index (χ1n) is 9.74. The lowest BCUT2D eigenvalue weighted by Gasteiger charge is -2.27. The number of rotatable bonds is 9. The van der Waals surface area contributed by atoms with E-state index in [0.717, 1.165) is 57.3 Å². The molecule has 5 nitrogen and oxygen atoms in total. The Balaban J connectivity index is 1.48. The van der Waals surface area contributed by atoms with Crippen LogP contribution in [0.3, 0.4) is 0 Å². The Hall–Kier alpha value is -2.08. The molecule has 5 heteroatoms. The van der Waals surface area contributed by atoms with E-state index in [1.807, 2.05) is 18.2 Å². The van der Waals surface area contributed by atoms with Gasteiger partial charge in [0.1, 0.15) is 6.61 Å². The summed E-state index contributed by atoms with van der Waals surface area (Å²) in [6.07, 6.45) is 0. The standard InChI is InChI=1S/C22H31N3O2/c1-18-5-3-4-6-20(18)17-27-21-8-7-19(15-22(21)26-2)16-24-11-14-25-12-9-23-10-13-25/h3-8,15,23-24H,9-14,16-17H2,1-2H3. The number of nitrogens with zero attached hydrogens (tertiary/aromatic N) is 1. The van der Waals surface area contributed by atoms with Crippen molar-refractivity contribution in [3.8, 4) is 11.5 Å². The molecule has 146 valence electrons. The highest BCUT2D eigenvalue weighted by Crippen LogP contribution is 2.29. The summed E-state index contributed by atoms with van der Waals surface area (Å²) in [5.41, 5.74) is 3.63. The van der Waals surface area contributed by atoms with Crippen molar-refractivity contribution in [2.45, 2.75) is 20.1 Å². The summed E-state index contributed by atoms with van der Waals surface area (Å²) >= 11 is 0. The minimum absolute atomic E-state index is 0.547. The highest BCUT2D eigenvalue weighted by Gasteiger charge is 2.09. The van der Waals surface area contributed by atoms with Crippen LogP contribution in [-0.4, -0.2) is 51.3 Å². The van der Waals surface area contributed by atoms with Gasteiger partial charge in [-0.3, -0.25) is 4.90 Å². The van der Waals surface area contributed by atoms with E-state index < -0.39 is 0 Å². The third-order valence-electron chi connectivity index (χ3n) is 5.02. The quantitative estimate of drug-likeness (QED) is 0.665. The molecule has 27 heavy (non-hydrogen) atoms. The first-order valence-corrected chi connectivity index (χ1v) is 9.74. The fraction of sp³-hybridized carbons (Fsp3) is 0.455. The number of benzene rings is 2. The number of hydrogen-bond donors (Lipinski definition) is 2. The molecule has 3 rings (SSSR count). The van der Waals surface area contributed by atoms with Crippen molar-refractivity contribution >= 4 is 0 Å². The van der Waals surface area contributed by atoms with Crippen LogP contribution in [0.15, 0.2) is 42.5 Å². The van der Waals surface area contributed by atoms with Crippen LogP contribution in [0.1, 0.15) is 16.7 Å². The number of methoxy groups -OCH3 is 1. The van der Waals surface area contributed by atoms with Gasteiger partial charge in [-0.2, -0.15) is 0 Å². The van der Waals surface area contributed by atoms with Gasteiger partial charge in [0.25, 0.3) is 0 Å². The molecule has 0 aliphatic carbocycles. The van der Waals surface area contributed by atoms with Crippen molar-refractivity contribution in [2.75, 3.05) is 46.4 Å². The molecule has 2 aromatic carbocycles. The SMILES string of the molecule is COc1cc(CNCCN2CCNCC2)ccc1OCc1ccccc1C. The second kappa shape index (κ2) is 10.3. The van der Waals surface area contributed by atoms with Crippen LogP contribution >= 0.6 is 0 Å². The predicted octanol–water partition coefficient (Wildman–Crippen LogP) is 2.58. The fourth-order valence-electron chi connectivity index (χ4n) is 3.27. The average molecular weight is 370 g/mol. The number of hydrogen-bond acceptors (Lipinski definition) is 5. The van der Waals surface area contributed by atoms with Gasteiger partial charge in [0.15, 0.2) is 11.5 Å². The Morgan fingerprint density at radius 1 is 1.07 bits per heavy atom. The molecule has 2 N–H and O–H groups in total. The molecular formula is C22H31N3O2. The summed E-state index contributed by atoms with van der Waals surface area (Å²) in [7, 11) is 1.69. The zero-order valence-electron chi connectivity index (χ0n) is 16.5. The van der Waals surface area contributed by atoms with Gasteiger partial charge >= 0.3 is 0 Å². The summed E-state index contributed by atoms with van der Waals surface area (Å²) in [5.74, 6) is 1.57. The summed E-state index contributed by atoms with van der Waals surface area (Å²) in [5, 5.41) is 6.91. The van der Waals surface area contributed by atoms with Crippen LogP contribution in [0.2, 0.25) is 0 Å². The molecule has 2 aromatic rings. The smallest absolute Gasteiger partial charge is 0.161 e. The topological polar surface area (TPSA) is 45.8 Å². The van der Waals surface area contributed by atoms with Crippen molar-refractivity contribution in [3.63, 3.8) is 0 Å². The van der Waals surface area contributed by atoms with E-state index in [4.69, 9.17) is 9.47 Å². The van der Waals surface area contributed by atoms with Crippen molar-refractivity contribution in [2.24, 2.45) is 0 Å². The number of piperazine rings is 1. The summed E-state index contributed by atoms with van der Waals surface area (Å²) in [6.45, 7) is 10.1. The first-order chi connectivity index (χ1) is 13.3. The molecule has 0 unspecified atom stereocenters. The van der Waals surface area contributed by atoms with Gasteiger partial charge in [-0.25, -0.2) is 0 Å². The Bertz CT molecular complexity index is 714. The molecule has 0 radical (unpaired) electrons. The van der Waals surface area contributed by atoms with Gasteiger partial charge in [0.2, 0.25) is 0 Å². The third kappa shape index (κ3) is 5.96. The van der Waals surface area contributed by atoms with E-state index in [0.29, 0.717) is 6.61 Å². The van der Waals surface area contributed by atoms with Crippen LogP contribution in [0.5, 0.6) is 11.5 Å². The minimum Gasteiger partial charge on any atom is -0.493 e. The number of aryl methyl sites for hydroxylation is 1. The molecule has 0 spiro atoms. The lowest BCUT2D eigenvalue weighted by molar-refractivity contribution is 0.241. The Morgan fingerprint density at radius 3 is 2.67 bits per heavy atom. The maximum atomic E-state index is 6.00. The largest absolute Gasteiger partial charge is 0.493 e. The van der Waals surface area contributed by atoms with Crippen molar-refractivity contribution in [3.05, 3.63) is 59.2 Å². The Labute approximate surface area is 162 Å². The van der Waals surface area contributed by atoms with E-state index in [1.54, 1.807) is 7.11 Å². The predicted molar refractivity (Wildman–Crippen MR) is 110 cm³/mol. The highest BCUT2D eigenvalue weighted by molar-refractivity contribution is 5.43. The number of nitrogens with one attached hydrogen (secondary N) is 2. The van der Waals surface area contributed by atoms with E-state index >= 15 is 0 Å². The lowest BCUT2D eigenvalue weighted by Crippen LogP contribution is -2.45. The average Bonchev–Trinajstić information content (AvgIpc) is 2.72. The van der Waals surface area contributed by atoms with Crippen LogP contribution in [0, 0.1) is 6.92 Å². The third-order valence-corrected chi connectivity index (χ3v) is 5.02. The lowest BCUT2D eigenvalue weighted by atomic mass is 10.1. The zero-order valence-corrected chi connectivity index (χ0v) is 16.5. The molecule has 1 fully saturated rings. The Kier molecular flexibility index (Phi) is 7.51. The maximum Gasteiger partial charge on any atom is 0.161 e. The van der Waals surface area contributed by atoms with Gasteiger partial charge in [0.05, 0.1) is 7.11 Å². The number of ether oxygens (including phenoxy) is 2.